The SMILES string of the molecule is Cc1cccc(-n2ncc(C(=O)NC(C)c3cccc(OC(F)F)c3)c2C)c1. The molecule has 1 N–H and O–H groups in total. The molecule has 3 rings (SSSR count). The number of alkyl halides is 2. The standard InChI is InChI=1S/C21H21F2N3O2/c1-13-6-4-8-17(10-13)26-15(3)19(12-24-26)20(27)25-14(2)16-7-5-9-18(11-16)28-21(22)23/h4-12,14,21H,1-3H3,(H,25,27). The molecule has 0 spiro atoms. The summed E-state index contributed by atoms with van der Waals surface area (Å²) in [4.78, 5) is 12.7. The van der Waals surface area contributed by atoms with Gasteiger partial charge < -0.3 is 10.1 Å². The second-order valence-electron chi connectivity index (χ2n) is 6.54. The molecule has 5 nitrogen and oxygen atoms in total. The summed E-state index contributed by atoms with van der Waals surface area (Å²) in [7, 11) is 0. The van der Waals surface area contributed by atoms with Crippen molar-refractivity contribution in [1.29, 1.82) is 0 Å². The number of nitrogens with one attached hydrogen (secondary N) is 1. The number of ether oxygens (including phenoxy) is 1. The van der Waals surface area contributed by atoms with E-state index in [1.54, 1.807) is 23.7 Å². The number of benzene rings is 2. The summed E-state index contributed by atoms with van der Waals surface area (Å²) >= 11 is 0. The van der Waals surface area contributed by atoms with Gasteiger partial charge in [0.2, 0.25) is 0 Å². The number of aryl methyl sites for hydroxylation is 1. The van der Waals surface area contributed by atoms with Crippen molar-refractivity contribution >= 4 is 5.91 Å². The van der Waals surface area contributed by atoms with Gasteiger partial charge in [-0.1, -0.05) is 24.3 Å². The van der Waals surface area contributed by atoms with E-state index < -0.39 is 12.7 Å². The smallest absolute Gasteiger partial charge is 0.387 e. The third-order valence-corrected chi connectivity index (χ3v) is 4.43. The first-order valence-electron chi connectivity index (χ1n) is 8.82. The van der Waals surface area contributed by atoms with Crippen LogP contribution in [0.15, 0.2) is 54.7 Å². The van der Waals surface area contributed by atoms with Crippen LogP contribution in [0.25, 0.3) is 5.69 Å². The summed E-state index contributed by atoms with van der Waals surface area (Å²) < 4.78 is 30.9. The number of nitrogens with zero attached hydrogens (tertiary/aromatic N) is 2. The van der Waals surface area contributed by atoms with Crippen LogP contribution in [-0.4, -0.2) is 22.3 Å². The zero-order chi connectivity index (χ0) is 20.3. The summed E-state index contributed by atoms with van der Waals surface area (Å²) in [6, 6.07) is 13.7. The minimum atomic E-state index is -2.89. The summed E-state index contributed by atoms with van der Waals surface area (Å²) in [6.45, 7) is 2.70. The number of hydrogen-bond acceptors (Lipinski definition) is 3. The van der Waals surface area contributed by atoms with Gasteiger partial charge in [-0.15, -0.1) is 0 Å². The first-order chi connectivity index (χ1) is 13.3. The van der Waals surface area contributed by atoms with Gasteiger partial charge in [-0.25, -0.2) is 4.68 Å². The van der Waals surface area contributed by atoms with Crippen LogP contribution in [0.5, 0.6) is 5.75 Å². The minimum Gasteiger partial charge on any atom is -0.435 e. The normalized spacial score (nSPS) is 12.1. The fourth-order valence-corrected chi connectivity index (χ4v) is 2.97. The molecule has 1 heterocycles. The first kappa shape index (κ1) is 19.5. The Morgan fingerprint density at radius 1 is 1.14 bits per heavy atom. The number of carbonyl (C=O) groups is 1. The Balaban J connectivity index is 1.76. The van der Waals surface area contributed by atoms with E-state index >= 15 is 0 Å². The molecule has 28 heavy (non-hydrogen) atoms. The Hall–Kier alpha value is -3.22. The Labute approximate surface area is 161 Å². The van der Waals surface area contributed by atoms with Gasteiger partial charge in [0, 0.05) is 0 Å². The third kappa shape index (κ3) is 4.36. The van der Waals surface area contributed by atoms with Gasteiger partial charge in [-0.05, 0) is 56.2 Å². The quantitative estimate of drug-likeness (QED) is 0.676. The molecule has 0 bridgehead atoms. The van der Waals surface area contributed by atoms with Gasteiger partial charge in [0.15, 0.2) is 0 Å². The Morgan fingerprint density at radius 2 is 1.89 bits per heavy atom. The fourth-order valence-electron chi connectivity index (χ4n) is 2.97. The molecule has 3 aromatic rings. The van der Waals surface area contributed by atoms with E-state index in [9.17, 15) is 13.6 Å². The van der Waals surface area contributed by atoms with Crippen LogP contribution in [0, 0.1) is 13.8 Å². The van der Waals surface area contributed by atoms with Crippen LogP contribution in [0.4, 0.5) is 8.78 Å². The van der Waals surface area contributed by atoms with Crippen LogP contribution in [0.1, 0.15) is 40.1 Å². The Bertz CT molecular complexity index is 985. The fraction of sp³-hybridized carbons (Fsp3) is 0.238. The molecule has 1 unspecified atom stereocenters. The molecule has 1 aromatic heterocycles. The van der Waals surface area contributed by atoms with E-state index in [2.05, 4.69) is 15.2 Å². The number of aromatic nitrogens is 2. The maximum Gasteiger partial charge on any atom is 0.387 e. The molecule has 2 aromatic carbocycles. The first-order valence-corrected chi connectivity index (χ1v) is 8.82. The molecular formula is C21H21F2N3O2. The van der Waals surface area contributed by atoms with E-state index in [0.29, 0.717) is 16.8 Å². The number of amides is 1. The van der Waals surface area contributed by atoms with Crippen molar-refractivity contribution in [2.45, 2.75) is 33.4 Å². The molecule has 1 amide bonds. The van der Waals surface area contributed by atoms with Gasteiger partial charge in [0.05, 0.1) is 29.2 Å². The largest absolute Gasteiger partial charge is 0.435 e. The molecule has 146 valence electrons. The van der Waals surface area contributed by atoms with Gasteiger partial charge >= 0.3 is 6.61 Å². The number of rotatable bonds is 6. The molecule has 0 radical (unpaired) electrons. The van der Waals surface area contributed by atoms with E-state index in [0.717, 1.165) is 11.3 Å². The summed E-state index contributed by atoms with van der Waals surface area (Å²) in [5.74, 6) is -0.235. The van der Waals surface area contributed by atoms with E-state index in [-0.39, 0.29) is 11.7 Å². The average Bonchev–Trinajstić information content (AvgIpc) is 3.03. The van der Waals surface area contributed by atoms with E-state index in [1.807, 2.05) is 38.1 Å². The summed E-state index contributed by atoms with van der Waals surface area (Å²) in [5.41, 5.74) is 3.80. The average molecular weight is 385 g/mol. The molecule has 0 saturated carbocycles. The number of halogens is 2. The van der Waals surface area contributed by atoms with Crippen LogP contribution in [0.3, 0.4) is 0 Å². The van der Waals surface area contributed by atoms with Crippen LogP contribution >= 0.6 is 0 Å². The highest BCUT2D eigenvalue weighted by Gasteiger charge is 2.18. The maximum absolute atomic E-state index is 12.7. The molecule has 0 aliphatic carbocycles. The molecule has 0 aliphatic heterocycles. The summed E-state index contributed by atoms with van der Waals surface area (Å²) in [6.07, 6.45) is 1.52. The predicted octanol–water partition coefficient (Wildman–Crippen LogP) is 4.58. The van der Waals surface area contributed by atoms with Crippen molar-refractivity contribution in [3.8, 4) is 11.4 Å². The second kappa shape index (κ2) is 8.21. The van der Waals surface area contributed by atoms with Crippen molar-refractivity contribution in [2.75, 3.05) is 0 Å². The zero-order valence-electron chi connectivity index (χ0n) is 15.8. The highest BCUT2D eigenvalue weighted by atomic mass is 19.3. The lowest BCUT2D eigenvalue weighted by Gasteiger charge is -2.15. The van der Waals surface area contributed by atoms with Crippen molar-refractivity contribution in [3.63, 3.8) is 0 Å². The van der Waals surface area contributed by atoms with Crippen molar-refractivity contribution < 1.29 is 18.3 Å². The van der Waals surface area contributed by atoms with Crippen LogP contribution < -0.4 is 10.1 Å². The highest BCUT2D eigenvalue weighted by Crippen LogP contribution is 2.22. The number of hydrogen-bond donors (Lipinski definition) is 1. The van der Waals surface area contributed by atoms with Gasteiger partial charge in [-0.2, -0.15) is 13.9 Å². The van der Waals surface area contributed by atoms with E-state index in [1.165, 1.54) is 18.3 Å². The second-order valence-corrected chi connectivity index (χ2v) is 6.54. The molecular weight excluding hydrogens is 364 g/mol. The van der Waals surface area contributed by atoms with Crippen molar-refractivity contribution in [3.05, 3.63) is 77.1 Å². The lowest BCUT2D eigenvalue weighted by Crippen LogP contribution is -2.27. The topological polar surface area (TPSA) is 56.2 Å². The third-order valence-electron chi connectivity index (χ3n) is 4.43. The van der Waals surface area contributed by atoms with E-state index in [4.69, 9.17) is 0 Å². The number of carbonyl (C=O) groups excluding carboxylic acids is 1. The van der Waals surface area contributed by atoms with Gasteiger partial charge in [0.25, 0.3) is 5.91 Å². The van der Waals surface area contributed by atoms with Crippen molar-refractivity contribution in [2.24, 2.45) is 0 Å². The van der Waals surface area contributed by atoms with Crippen molar-refractivity contribution in [1.82, 2.24) is 15.1 Å². The lowest BCUT2D eigenvalue weighted by molar-refractivity contribution is -0.0499. The Morgan fingerprint density at radius 3 is 2.61 bits per heavy atom. The lowest BCUT2D eigenvalue weighted by atomic mass is 10.1. The minimum absolute atomic E-state index is 0.0528. The predicted molar refractivity (Wildman–Crippen MR) is 102 cm³/mol. The molecule has 7 heteroatoms. The van der Waals surface area contributed by atoms with Crippen LogP contribution in [-0.2, 0) is 0 Å². The Kier molecular flexibility index (Phi) is 5.73. The molecule has 0 fully saturated rings. The zero-order valence-corrected chi connectivity index (χ0v) is 15.8. The molecule has 0 aliphatic rings. The monoisotopic (exact) mass is 385 g/mol. The van der Waals surface area contributed by atoms with Gasteiger partial charge in [-0.3, -0.25) is 4.79 Å². The molecule has 0 saturated heterocycles. The highest BCUT2D eigenvalue weighted by molar-refractivity contribution is 5.95. The molecule has 1 atom stereocenters. The summed E-state index contributed by atoms with van der Waals surface area (Å²) in [5, 5.41) is 7.20. The van der Waals surface area contributed by atoms with Gasteiger partial charge in [0.1, 0.15) is 5.75 Å². The maximum atomic E-state index is 12.7. The van der Waals surface area contributed by atoms with Crippen LogP contribution in [0.2, 0.25) is 0 Å².